The number of carbonyl (C=O) groups is 1. The van der Waals surface area contributed by atoms with Crippen molar-refractivity contribution < 1.29 is 9.53 Å². The van der Waals surface area contributed by atoms with Crippen molar-refractivity contribution >= 4 is 6.09 Å². The van der Waals surface area contributed by atoms with Gasteiger partial charge in [-0.3, -0.25) is 0 Å². The Bertz CT molecular complexity index is 189. The van der Waals surface area contributed by atoms with Crippen LogP contribution in [-0.2, 0) is 4.74 Å². The summed E-state index contributed by atoms with van der Waals surface area (Å²) in [5.74, 6) is 0. The van der Waals surface area contributed by atoms with Gasteiger partial charge in [0.1, 0.15) is 5.60 Å². The van der Waals surface area contributed by atoms with E-state index in [1.807, 2.05) is 25.7 Å². The van der Waals surface area contributed by atoms with E-state index in [0.29, 0.717) is 0 Å². The average Bonchev–Trinajstić information content (AvgIpc) is 2.15. The van der Waals surface area contributed by atoms with E-state index in [0.717, 1.165) is 38.8 Å². The van der Waals surface area contributed by atoms with Crippen molar-refractivity contribution in [2.75, 3.05) is 13.1 Å². The van der Waals surface area contributed by atoms with Crippen LogP contribution in [0.3, 0.4) is 0 Å². The highest BCUT2D eigenvalue weighted by Gasteiger charge is 2.21. The van der Waals surface area contributed by atoms with Crippen LogP contribution in [0.5, 0.6) is 0 Å². The van der Waals surface area contributed by atoms with Gasteiger partial charge >= 0.3 is 6.09 Å². The maximum Gasteiger partial charge on any atom is 0.410 e. The number of rotatable bonds is 6. The second-order valence-electron chi connectivity index (χ2n) is 5.17. The van der Waals surface area contributed by atoms with E-state index in [-0.39, 0.29) is 6.09 Å². The largest absolute Gasteiger partial charge is 0.444 e. The summed E-state index contributed by atoms with van der Waals surface area (Å²) in [4.78, 5) is 13.7. The molecule has 0 rings (SSSR count). The first-order valence-corrected chi connectivity index (χ1v) is 6.38. The number of unbranched alkanes of at least 4 members (excludes halogenated alkanes) is 2. The Labute approximate surface area is 100 Å². The van der Waals surface area contributed by atoms with Crippen molar-refractivity contribution in [3.05, 3.63) is 0 Å². The molecule has 0 unspecified atom stereocenters. The molecule has 0 fully saturated rings. The zero-order valence-corrected chi connectivity index (χ0v) is 11.5. The molecule has 0 aliphatic carbocycles. The third-order valence-corrected chi connectivity index (χ3v) is 2.21. The molecule has 0 saturated carbocycles. The second-order valence-corrected chi connectivity index (χ2v) is 5.17. The summed E-state index contributed by atoms with van der Waals surface area (Å²) < 4.78 is 5.38. The van der Waals surface area contributed by atoms with E-state index in [4.69, 9.17) is 4.74 Å². The molecular formula is C13H27NO2. The zero-order valence-electron chi connectivity index (χ0n) is 11.5. The van der Waals surface area contributed by atoms with Gasteiger partial charge in [-0.15, -0.1) is 0 Å². The lowest BCUT2D eigenvalue weighted by atomic mass is 10.2. The molecule has 0 atom stereocenters. The molecule has 1 amide bonds. The Hall–Kier alpha value is -0.730. The molecule has 0 spiro atoms. The van der Waals surface area contributed by atoms with E-state index in [9.17, 15) is 4.79 Å². The lowest BCUT2D eigenvalue weighted by Crippen LogP contribution is -2.38. The maximum atomic E-state index is 11.9. The molecule has 0 aliphatic rings. The monoisotopic (exact) mass is 229 g/mol. The predicted molar refractivity (Wildman–Crippen MR) is 67.6 cm³/mol. The third-order valence-electron chi connectivity index (χ3n) is 2.21. The normalized spacial score (nSPS) is 11.3. The van der Waals surface area contributed by atoms with Gasteiger partial charge in [-0.25, -0.2) is 4.79 Å². The van der Waals surface area contributed by atoms with Crippen LogP contribution in [0.15, 0.2) is 0 Å². The van der Waals surface area contributed by atoms with E-state index < -0.39 is 5.60 Å². The van der Waals surface area contributed by atoms with Crippen LogP contribution in [0.2, 0.25) is 0 Å². The van der Waals surface area contributed by atoms with Gasteiger partial charge in [0.15, 0.2) is 0 Å². The molecule has 0 radical (unpaired) electrons. The van der Waals surface area contributed by atoms with Crippen molar-refractivity contribution in [3.63, 3.8) is 0 Å². The minimum Gasteiger partial charge on any atom is -0.444 e. The molecule has 0 N–H and O–H groups in total. The zero-order chi connectivity index (χ0) is 12.6. The molecule has 0 aliphatic heterocycles. The fraction of sp³-hybridized carbons (Fsp3) is 0.923. The molecular weight excluding hydrogens is 202 g/mol. The average molecular weight is 229 g/mol. The summed E-state index contributed by atoms with van der Waals surface area (Å²) in [7, 11) is 0. The summed E-state index contributed by atoms with van der Waals surface area (Å²) in [5, 5.41) is 0. The van der Waals surface area contributed by atoms with Crippen molar-refractivity contribution in [2.24, 2.45) is 0 Å². The Kier molecular flexibility index (Phi) is 7.18. The number of hydrogen-bond donors (Lipinski definition) is 0. The Morgan fingerprint density at radius 2 is 1.50 bits per heavy atom. The van der Waals surface area contributed by atoms with Crippen LogP contribution in [0.25, 0.3) is 0 Å². The lowest BCUT2D eigenvalue weighted by Gasteiger charge is -2.27. The number of carbonyl (C=O) groups excluding carboxylic acids is 1. The van der Waals surface area contributed by atoms with Gasteiger partial charge in [0.25, 0.3) is 0 Å². The van der Waals surface area contributed by atoms with Gasteiger partial charge < -0.3 is 9.64 Å². The molecule has 3 nitrogen and oxygen atoms in total. The summed E-state index contributed by atoms with van der Waals surface area (Å²) in [6.07, 6.45) is 4.12. The van der Waals surface area contributed by atoms with Crippen LogP contribution in [-0.4, -0.2) is 29.7 Å². The van der Waals surface area contributed by atoms with E-state index in [2.05, 4.69) is 13.8 Å². The van der Waals surface area contributed by atoms with Gasteiger partial charge in [0, 0.05) is 13.1 Å². The number of amides is 1. The molecule has 0 aromatic heterocycles. The highest BCUT2D eigenvalue weighted by molar-refractivity contribution is 5.68. The van der Waals surface area contributed by atoms with Gasteiger partial charge in [0.2, 0.25) is 0 Å². The van der Waals surface area contributed by atoms with Crippen LogP contribution < -0.4 is 0 Å². The molecule has 0 saturated heterocycles. The first-order valence-electron chi connectivity index (χ1n) is 6.38. The molecule has 0 bridgehead atoms. The predicted octanol–water partition coefficient (Wildman–Crippen LogP) is 3.82. The highest BCUT2D eigenvalue weighted by Crippen LogP contribution is 2.11. The molecule has 0 heterocycles. The van der Waals surface area contributed by atoms with Gasteiger partial charge in [-0.1, -0.05) is 26.7 Å². The van der Waals surface area contributed by atoms with Crippen molar-refractivity contribution in [2.45, 2.75) is 65.9 Å². The van der Waals surface area contributed by atoms with Gasteiger partial charge in [0.05, 0.1) is 0 Å². The van der Waals surface area contributed by atoms with Crippen LogP contribution in [0, 0.1) is 0 Å². The Morgan fingerprint density at radius 3 is 1.81 bits per heavy atom. The van der Waals surface area contributed by atoms with Crippen molar-refractivity contribution in [3.8, 4) is 0 Å². The standard InChI is InChI=1S/C13H27NO2/c1-6-8-10-14(11-9-7-2)12(15)16-13(3,4)5/h6-11H2,1-5H3. The molecule has 0 aromatic carbocycles. The molecule has 16 heavy (non-hydrogen) atoms. The smallest absolute Gasteiger partial charge is 0.410 e. The first kappa shape index (κ1) is 15.3. The number of nitrogens with zero attached hydrogens (tertiary/aromatic N) is 1. The first-order chi connectivity index (χ1) is 7.40. The minimum atomic E-state index is -0.395. The number of ether oxygens (including phenoxy) is 1. The quantitative estimate of drug-likeness (QED) is 0.693. The van der Waals surface area contributed by atoms with E-state index in [1.54, 1.807) is 0 Å². The summed E-state index contributed by atoms with van der Waals surface area (Å²) in [6, 6.07) is 0. The van der Waals surface area contributed by atoms with Crippen molar-refractivity contribution in [1.29, 1.82) is 0 Å². The van der Waals surface area contributed by atoms with E-state index in [1.165, 1.54) is 0 Å². The summed E-state index contributed by atoms with van der Waals surface area (Å²) in [5.41, 5.74) is -0.395. The fourth-order valence-corrected chi connectivity index (χ4v) is 1.32. The van der Waals surface area contributed by atoms with Crippen LogP contribution in [0.4, 0.5) is 4.79 Å². The lowest BCUT2D eigenvalue weighted by molar-refractivity contribution is 0.0245. The number of hydrogen-bond acceptors (Lipinski definition) is 2. The molecule has 96 valence electrons. The fourth-order valence-electron chi connectivity index (χ4n) is 1.32. The SMILES string of the molecule is CCCCN(CCCC)C(=O)OC(C)(C)C. The minimum absolute atomic E-state index is 0.172. The molecule has 0 aromatic rings. The summed E-state index contributed by atoms with van der Waals surface area (Å²) in [6.45, 7) is 11.6. The van der Waals surface area contributed by atoms with Crippen molar-refractivity contribution in [1.82, 2.24) is 4.90 Å². The van der Waals surface area contributed by atoms with Crippen LogP contribution in [0.1, 0.15) is 60.3 Å². The van der Waals surface area contributed by atoms with Gasteiger partial charge in [-0.05, 0) is 33.6 Å². The topological polar surface area (TPSA) is 29.5 Å². The van der Waals surface area contributed by atoms with Gasteiger partial charge in [-0.2, -0.15) is 0 Å². The Balaban J connectivity index is 4.19. The van der Waals surface area contributed by atoms with Crippen LogP contribution >= 0.6 is 0 Å². The third kappa shape index (κ3) is 7.55. The highest BCUT2D eigenvalue weighted by atomic mass is 16.6. The Morgan fingerprint density at radius 1 is 1.06 bits per heavy atom. The summed E-state index contributed by atoms with van der Waals surface area (Å²) >= 11 is 0. The molecule has 3 heteroatoms. The maximum absolute atomic E-state index is 11.9. The second kappa shape index (κ2) is 7.53. The van der Waals surface area contributed by atoms with E-state index >= 15 is 0 Å².